The van der Waals surface area contributed by atoms with Gasteiger partial charge in [0.2, 0.25) is 0 Å². The molecule has 16 heavy (non-hydrogen) atoms. The van der Waals surface area contributed by atoms with Crippen LogP contribution in [0, 0.1) is 5.92 Å². The molecule has 0 atom stereocenters. The molecule has 0 N–H and O–H groups in total. The third-order valence-electron chi connectivity index (χ3n) is 2.66. The number of benzene rings is 1. The number of ether oxygens (including phenoxy) is 1. The van der Waals surface area contributed by atoms with E-state index in [1.54, 1.807) is 0 Å². The predicted molar refractivity (Wildman–Crippen MR) is 70.0 cm³/mol. The van der Waals surface area contributed by atoms with Crippen LogP contribution >= 0.6 is 0 Å². The summed E-state index contributed by atoms with van der Waals surface area (Å²) in [6, 6.07) is 6.53. The summed E-state index contributed by atoms with van der Waals surface area (Å²) in [5.74, 6) is 2.30. The highest BCUT2D eigenvalue weighted by Gasteiger charge is 2.16. The van der Waals surface area contributed by atoms with Gasteiger partial charge in [-0.15, -0.1) is 0 Å². The smallest absolute Gasteiger partial charge is 0.119 e. The van der Waals surface area contributed by atoms with Crippen LogP contribution in [-0.2, 0) is 5.41 Å². The molecule has 0 saturated carbocycles. The molecular weight excluding hydrogens is 196 g/mol. The van der Waals surface area contributed by atoms with Crippen molar-refractivity contribution in [3.05, 3.63) is 35.2 Å². The van der Waals surface area contributed by atoms with Gasteiger partial charge in [0.05, 0.1) is 6.61 Å². The lowest BCUT2D eigenvalue weighted by Gasteiger charge is -2.22. The minimum atomic E-state index is 0.164. The summed E-state index contributed by atoms with van der Waals surface area (Å²) in [5, 5.41) is 0. The summed E-state index contributed by atoms with van der Waals surface area (Å²) < 4.78 is 5.62. The van der Waals surface area contributed by atoms with Crippen LogP contribution in [0.25, 0.3) is 0 Å². The van der Waals surface area contributed by atoms with Gasteiger partial charge in [0.15, 0.2) is 0 Å². The fourth-order valence-electron chi connectivity index (χ4n) is 1.57. The molecule has 0 spiro atoms. The Hall–Kier alpha value is -0.980. The van der Waals surface area contributed by atoms with Gasteiger partial charge in [0.1, 0.15) is 5.75 Å². The van der Waals surface area contributed by atoms with Crippen LogP contribution in [0.5, 0.6) is 5.75 Å². The van der Waals surface area contributed by atoms with Crippen molar-refractivity contribution in [2.75, 3.05) is 6.61 Å². The van der Waals surface area contributed by atoms with Gasteiger partial charge in [-0.1, -0.05) is 40.7 Å². The zero-order chi connectivity index (χ0) is 12.3. The van der Waals surface area contributed by atoms with E-state index in [-0.39, 0.29) is 5.41 Å². The topological polar surface area (TPSA) is 9.23 Å². The normalized spacial score (nSPS) is 11.9. The summed E-state index contributed by atoms with van der Waals surface area (Å²) in [5.41, 5.74) is 2.77. The van der Waals surface area contributed by atoms with Crippen molar-refractivity contribution >= 4 is 0 Å². The second-order valence-corrected chi connectivity index (χ2v) is 5.43. The standard InChI is InChI=1S/C15H23O/c1-7-16-14-9-12(11(2)3)8-13(10-14)15(4,5)6/h8-10H,7H2,1-6H3. The highest BCUT2D eigenvalue weighted by Crippen LogP contribution is 2.30. The molecule has 0 amide bonds. The monoisotopic (exact) mass is 219 g/mol. The quantitative estimate of drug-likeness (QED) is 0.734. The van der Waals surface area contributed by atoms with E-state index in [4.69, 9.17) is 4.74 Å². The minimum Gasteiger partial charge on any atom is -0.494 e. The average Bonchev–Trinajstić information content (AvgIpc) is 2.16. The maximum absolute atomic E-state index is 5.62. The zero-order valence-electron chi connectivity index (χ0n) is 11.3. The zero-order valence-corrected chi connectivity index (χ0v) is 11.3. The molecule has 0 heterocycles. The van der Waals surface area contributed by atoms with E-state index in [0.717, 1.165) is 12.4 Å². The van der Waals surface area contributed by atoms with Crippen molar-refractivity contribution in [3.63, 3.8) is 0 Å². The third kappa shape index (κ3) is 3.26. The van der Waals surface area contributed by atoms with Gasteiger partial charge in [-0.05, 0) is 41.5 Å². The van der Waals surface area contributed by atoms with Gasteiger partial charge < -0.3 is 4.74 Å². The summed E-state index contributed by atoms with van der Waals surface area (Å²) in [4.78, 5) is 0. The van der Waals surface area contributed by atoms with Crippen LogP contribution in [-0.4, -0.2) is 6.61 Å². The van der Waals surface area contributed by atoms with E-state index < -0.39 is 0 Å². The first-order valence-electron chi connectivity index (χ1n) is 5.93. The third-order valence-corrected chi connectivity index (χ3v) is 2.66. The van der Waals surface area contributed by atoms with Gasteiger partial charge in [0.25, 0.3) is 0 Å². The van der Waals surface area contributed by atoms with Crippen LogP contribution in [0.4, 0.5) is 0 Å². The van der Waals surface area contributed by atoms with Crippen LogP contribution < -0.4 is 4.74 Å². The molecular formula is C15H23O. The lowest BCUT2D eigenvalue weighted by atomic mass is 9.84. The minimum absolute atomic E-state index is 0.164. The molecule has 1 heteroatoms. The molecule has 1 aromatic rings. The Morgan fingerprint density at radius 1 is 1.12 bits per heavy atom. The predicted octanol–water partition coefficient (Wildman–Crippen LogP) is 4.35. The van der Waals surface area contributed by atoms with Crippen molar-refractivity contribution in [1.29, 1.82) is 0 Å². The largest absolute Gasteiger partial charge is 0.494 e. The average molecular weight is 219 g/mol. The SMILES string of the molecule is CCOc1cc([C](C)C)cc(C(C)(C)C)c1. The Labute approximate surface area is 99.8 Å². The Bertz CT molecular complexity index is 345. The molecule has 0 aliphatic carbocycles. The fraction of sp³-hybridized carbons (Fsp3) is 0.533. The van der Waals surface area contributed by atoms with Crippen LogP contribution in [0.2, 0.25) is 0 Å². The lowest BCUT2D eigenvalue weighted by Crippen LogP contribution is -2.12. The Kier molecular flexibility index (Phi) is 4.01. The van der Waals surface area contributed by atoms with E-state index in [1.165, 1.54) is 17.0 Å². The molecule has 0 aliphatic heterocycles. The van der Waals surface area contributed by atoms with Crippen molar-refractivity contribution in [2.24, 2.45) is 0 Å². The summed E-state index contributed by atoms with van der Waals surface area (Å²) in [7, 11) is 0. The summed E-state index contributed by atoms with van der Waals surface area (Å²) in [6.07, 6.45) is 0. The first kappa shape index (κ1) is 13.1. The van der Waals surface area contributed by atoms with Crippen LogP contribution in [0.1, 0.15) is 52.7 Å². The highest BCUT2D eigenvalue weighted by atomic mass is 16.5. The Morgan fingerprint density at radius 3 is 2.19 bits per heavy atom. The molecule has 1 radical (unpaired) electrons. The van der Waals surface area contributed by atoms with Gasteiger partial charge in [0, 0.05) is 0 Å². The van der Waals surface area contributed by atoms with E-state index >= 15 is 0 Å². The van der Waals surface area contributed by atoms with Crippen molar-refractivity contribution in [1.82, 2.24) is 0 Å². The van der Waals surface area contributed by atoms with Gasteiger partial charge >= 0.3 is 0 Å². The Balaban J connectivity index is 3.19. The summed E-state index contributed by atoms with van der Waals surface area (Å²) >= 11 is 0. The molecule has 0 saturated heterocycles. The van der Waals surface area contributed by atoms with E-state index in [1.807, 2.05) is 6.92 Å². The van der Waals surface area contributed by atoms with Crippen LogP contribution in [0.15, 0.2) is 18.2 Å². The first-order chi connectivity index (χ1) is 7.34. The highest BCUT2D eigenvalue weighted by molar-refractivity contribution is 5.42. The van der Waals surface area contributed by atoms with Crippen molar-refractivity contribution in [2.45, 2.75) is 47.0 Å². The number of rotatable bonds is 3. The Morgan fingerprint density at radius 2 is 1.75 bits per heavy atom. The molecule has 1 rings (SSSR count). The molecule has 1 aromatic carbocycles. The lowest BCUT2D eigenvalue weighted by molar-refractivity contribution is 0.339. The second kappa shape index (κ2) is 4.90. The van der Waals surface area contributed by atoms with E-state index in [0.29, 0.717) is 0 Å². The van der Waals surface area contributed by atoms with Crippen LogP contribution in [0.3, 0.4) is 0 Å². The van der Waals surface area contributed by atoms with Gasteiger partial charge in [-0.3, -0.25) is 0 Å². The molecule has 0 aliphatic rings. The molecule has 89 valence electrons. The molecule has 0 bridgehead atoms. The number of hydrogen-bond donors (Lipinski definition) is 0. The maximum atomic E-state index is 5.62. The fourth-order valence-corrected chi connectivity index (χ4v) is 1.57. The molecule has 0 unspecified atom stereocenters. The number of hydrogen-bond acceptors (Lipinski definition) is 1. The van der Waals surface area contributed by atoms with E-state index in [2.05, 4.69) is 52.8 Å². The molecule has 1 nitrogen and oxygen atoms in total. The van der Waals surface area contributed by atoms with E-state index in [9.17, 15) is 0 Å². The molecule has 0 aromatic heterocycles. The molecule has 0 fully saturated rings. The maximum Gasteiger partial charge on any atom is 0.119 e. The van der Waals surface area contributed by atoms with Gasteiger partial charge in [-0.2, -0.15) is 0 Å². The summed E-state index contributed by atoms with van der Waals surface area (Å²) in [6.45, 7) is 13.7. The van der Waals surface area contributed by atoms with Crippen molar-refractivity contribution in [3.8, 4) is 5.75 Å². The van der Waals surface area contributed by atoms with Crippen molar-refractivity contribution < 1.29 is 4.74 Å². The first-order valence-corrected chi connectivity index (χ1v) is 5.93. The second-order valence-electron chi connectivity index (χ2n) is 5.43. The van der Waals surface area contributed by atoms with Gasteiger partial charge in [-0.25, -0.2) is 0 Å².